The van der Waals surface area contributed by atoms with Crippen molar-refractivity contribution in [2.75, 3.05) is 7.05 Å². The molecule has 102 valence electrons. The molecular weight excluding hydrogens is 238 g/mol. The summed E-state index contributed by atoms with van der Waals surface area (Å²) in [5.74, 6) is -1.20. The van der Waals surface area contributed by atoms with Crippen LogP contribution in [0.5, 0.6) is 0 Å². The molecule has 7 heteroatoms. The first-order valence-electron chi connectivity index (χ1n) is 5.68. The highest BCUT2D eigenvalue weighted by Gasteiger charge is 2.57. The van der Waals surface area contributed by atoms with E-state index in [4.69, 9.17) is 20.9 Å². The van der Waals surface area contributed by atoms with Crippen LogP contribution in [-0.4, -0.2) is 36.1 Å². The second kappa shape index (κ2) is 5.03. The topological polar surface area (TPSA) is 117 Å². The standard InChI is InChI=1S/C11H19N3O4/c1-7(15)17-10(12)6-4-5-9(14-3)11(10,13)18-8(2)16/h4-6,12-13H2,1-3H3. The third kappa shape index (κ3) is 2.51. The lowest BCUT2D eigenvalue weighted by Crippen LogP contribution is -2.75. The number of nitrogens with zero attached hydrogens (tertiary/aromatic N) is 1. The van der Waals surface area contributed by atoms with E-state index in [0.29, 0.717) is 25.0 Å². The minimum absolute atomic E-state index is 0.301. The molecule has 0 spiro atoms. The Hall–Kier alpha value is -1.47. The fourth-order valence-corrected chi connectivity index (χ4v) is 2.17. The molecule has 0 radical (unpaired) electrons. The van der Waals surface area contributed by atoms with Crippen LogP contribution in [0.25, 0.3) is 0 Å². The van der Waals surface area contributed by atoms with Gasteiger partial charge in [-0.3, -0.25) is 26.0 Å². The maximum atomic E-state index is 11.2. The van der Waals surface area contributed by atoms with E-state index in [9.17, 15) is 9.59 Å². The molecule has 1 aliphatic carbocycles. The molecule has 0 aromatic rings. The summed E-state index contributed by atoms with van der Waals surface area (Å²) in [7, 11) is 1.53. The smallest absolute Gasteiger partial charge is 0.304 e. The van der Waals surface area contributed by atoms with Crippen molar-refractivity contribution in [3.63, 3.8) is 0 Å². The zero-order valence-corrected chi connectivity index (χ0v) is 10.9. The first-order valence-corrected chi connectivity index (χ1v) is 5.68. The first kappa shape index (κ1) is 14.6. The third-order valence-electron chi connectivity index (χ3n) is 2.92. The summed E-state index contributed by atoms with van der Waals surface area (Å²) in [6.07, 6.45) is 1.49. The van der Waals surface area contributed by atoms with Gasteiger partial charge in [0, 0.05) is 27.3 Å². The maximum Gasteiger partial charge on any atom is 0.304 e. The molecule has 18 heavy (non-hydrogen) atoms. The number of nitrogens with two attached hydrogens (primary N) is 2. The molecule has 0 aromatic heterocycles. The molecule has 0 aromatic carbocycles. The van der Waals surface area contributed by atoms with Crippen molar-refractivity contribution in [3.05, 3.63) is 0 Å². The first-order chi connectivity index (χ1) is 8.25. The largest absolute Gasteiger partial charge is 0.438 e. The normalized spacial score (nSPS) is 34.2. The highest BCUT2D eigenvalue weighted by molar-refractivity contribution is 5.96. The summed E-state index contributed by atoms with van der Waals surface area (Å²) < 4.78 is 10.2. The van der Waals surface area contributed by atoms with Gasteiger partial charge in [-0.25, -0.2) is 0 Å². The van der Waals surface area contributed by atoms with Gasteiger partial charge in [-0.15, -0.1) is 0 Å². The van der Waals surface area contributed by atoms with Gasteiger partial charge in [0.25, 0.3) is 5.72 Å². The minimum Gasteiger partial charge on any atom is -0.438 e. The molecule has 0 heterocycles. The van der Waals surface area contributed by atoms with Crippen molar-refractivity contribution in [1.29, 1.82) is 0 Å². The van der Waals surface area contributed by atoms with Gasteiger partial charge in [0.2, 0.25) is 5.72 Å². The maximum absolute atomic E-state index is 11.2. The number of aliphatic imine (C=N–C) groups is 1. The predicted molar refractivity (Wildman–Crippen MR) is 64.6 cm³/mol. The molecule has 7 nitrogen and oxygen atoms in total. The fraction of sp³-hybridized carbons (Fsp3) is 0.727. The summed E-state index contributed by atoms with van der Waals surface area (Å²) in [6, 6.07) is 0. The van der Waals surface area contributed by atoms with E-state index in [1.54, 1.807) is 0 Å². The van der Waals surface area contributed by atoms with Crippen LogP contribution >= 0.6 is 0 Å². The van der Waals surface area contributed by atoms with Crippen LogP contribution in [0.2, 0.25) is 0 Å². The molecule has 0 amide bonds. The Morgan fingerprint density at radius 3 is 2.22 bits per heavy atom. The highest BCUT2D eigenvalue weighted by atomic mass is 16.6. The van der Waals surface area contributed by atoms with E-state index in [-0.39, 0.29) is 0 Å². The van der Waals surface area contributed by atoms with Crippen LogP contribution in [0.4, 0.5) is 0 Å². The van der Waals surface area contributed by atoms with Gasteiger partial charge in [0.1, 0.15) is 0 Å². The second-order valence-corrected chi connectivity index (χ2v) is 4.34. The summed E-state index contributed by atoms with van der Waals surface area (Å²) in [6.45, 7) is 2.44. The number of rotatable bonds is 2. The molecule has 1 fully saturated rings. The second-order valence-electron chi connectivity index (χ2n) is 4.34. The average Bonchev–Trinajstić information content (AvgIpc) is 2.20. The lowest BCUT2D eigenvalue weighted by Gasteiger charge is -2.46. The molecule has 0 saturated heterocycles. The molecule has 1 saturated carbocycles. The van der Waals surface area contributed by atoms with Gasteiger partial charge in [-0.2, -0.15) is 0 Å². The fourth-order valence-electron chi connectivity index (χ4n) is 2.17. The van der Waals surface area contributed by atoms with Gasteiger partial charge < -0.3 is 9.47 Å². The van der Waals surface area contributed by atoms with Crippen LogP contribution in [0.1, 0.15) is 33.1 Å². The molecule has 2 unspecified atom stereocenters. The van der Waals surface area contributed by atoms with Gasteiger partial charge in [0.05, 0.1) is 5.71 Å². The lowest BCUT2D eigenvalue weighted by atomic mass is 9.82. The molecule has 1 aliphatic rings. The quantitative estimate of drug-likeness (QED) is 0.517. The van der Waals surface area contributed by atoms with Crippen molar-refractivity contribution in [3.8, 4) is 0 Å². The Labute approximate surface area is 106 Å². The average molecular weight is 257 g/mol. The third-order valence-corrected chi connectivity index (χ3v) is 2.92. The molecule has 1 rings (SSSR count). The summed E-state index contributed by atoms with van der Waals surface area (Å²) >= 11 is 0. The van der Waals surface area contributed by atoms with E-state index in [2.05, 4.69) is 4.99 Å². The number of esters is 2. The van der Waals surface area contributed by atoms with E-state index < -0.39 is 23.4 Å². The van der Waals surface area contributed by atoms with Crippen LogP contribution < -0.4 is 11.5 Å². The van der Waals surface area contributed by atoms with Crippen molar-refractivity contribution in [2.45, 2.75) is 44.6 Å². The number of ether oxygens (including phenoxy) is 2. The predicted octanol–water partition coefficient (Wildman–Crippen LogP) is -0.323. The van der Waals surface area contributed by atoms with Gasteiger partial charge in [0.15, 0.2) is 0 Å². The van der Waals surface area contributed by atoms with Gasteiger partial charge in [-0.05, 0) is 12.8 Å². The van der Waals surface area contributed by atoms with Gasteiger partial charge in [-0.1, -0.05) is 0 Å². The van der Waals surface area contributed by atoms with Crippen LogP contribution in [0.3, 0.4) is 0 Å². The van der Waals surface area contributed by atoms with Crippen molar-refractivity contribution in [1.82, 2.24) is 0 Å². The summed E-state index contributed by atoms with van der Waals surface area (Å²) in [5, 5.41) is 0. The number of hydrogen-bond acceptors (Lipinski definition) is 7. The van der Waals surface area contributed by atoms with Crippen molar-refractivity contribution < 1.29 is 19.1 Å². The Bertz CT molecular complexity index is 396. The Morgan fingerprint density at radius 1 is 1.22 bits per heavy atom. The summed E-state index contributed by atoms with van der Waals surface area (Å²) in [5.41, 5.74) is 9.21. The van der Waals surface area contributed by atoms with Crippen LogP contribution in [0.15, 0.2) is 4.99 Å². The highest BCUT2D eigenvalue weighted by Crippen LogP contribution is 2.34. The zero-order valence-electron chi connectivity index (χ0n) is 10.9. The number of carbonyl (C=O) groups is 2. The molecule has 2 atom stereocenters. The SMILES string of the molecule is CN=C1CCCC(N)(OC(C)=O)C1(N)OC(C)=O. The van der Waals surface area contributed by atoms with E-state index in [1.807, 2.05) is 0 Å². The molecule has 4 N–H and O–H groups in total. The Morgan fingerprint density at radius 2 is 1.78 bits per heavy atom. The van der Waals surface area contributed by atoms with Crippen LogP contribution in [-0.2, 0) is 19.1 Å². The van der Waals surface area contributed by atoms with Crippen molar-refractivity contribution in [2.24, 2.45) is 16.5 Å². The minimum atomic E-state index is -1.71. The Balaban J connectivity index is 3.20. The van der Waals surface area contributed by atoms with Gasteiger partial charge >= 0.3 is 11.9 Å². The van der Waals surface area contributed by atoms with Crippen molar-refractivity contribution >= 4 is 17.7 Å². The zero-order chi connectivity index (χ0) is 14.0. The summed E-state index contributed by atoms with van der Waals surface area (Å²) in [4.78, 5) is 26.3. The van der Waals surface area contributed by atoms with E-state index in [1.165, 1.54) is 20.9 Å². The molecule has 0 bridgehead atoms. The monoisotopic (exact) mass is 257 g/mol. The lowest BCUT2D eigenvalue weighted by molar-refractivity contribution is -0.199. The van der Waals surface area contributed by atoms with E-state index >= 15 is 0 Å². The molecule has 0 aliphatic heterocycles. The van der Waals surface area contributed by atoms with Crippen LogP contribution in [0, 0.1) is 0 Å². The Kier molecular flexibility index (Phi) is 4.08. The number of hydrogen-bond donors (Lipinski definition) is 2. The van der Waals surface area contributed by atoms with E-state index in [0.717, 1.165) is 0 Å². The number of carbonyl (C=O) groups excluding carboxylic acids is 2. The molecular formula is C11H19N3O4.